The highest BCUT2D eigenvalue weighted by molar-refractivity contribution is 7.92. The van der Waals surface area contributed by atoms with Gasteiger partial charge in [0.2, 0.25) is 15.9 Å². The third-order valence-electron chi connectivity index (χ3n) is 8.18. The lowest BCUT2D eigenvalue weighted by atomic mass is 9.80. The van der Waals surface area contributed by atoms with Crippen LogP contribution in [-0.4, -0.2) is 50.5 Å². The molecule has 3 fully saturated rings. The number of nitrogens with one attached hydrogen (secondary N) is 1. The first-order valence-electron chi connectivity index (χ1n) is 12.8. The van der Waals surface area contributed by atoms with Crippen molar-refractivity contribution in [3.05, 3.63) is 60.2 Å². The number of sulfone groups is 1. The molecule has 194 valence electrons. The fraction of sp³-hybridized carbons (Fsp3) is 0.519. The summed E-state index contributed by atoms with van der Waals surface area (Å²) in [6.45, 7) is 1.84. The van der Waals surface area contributed by atoms with Crippen LogP contribution < -0.4 is 4.72 Å². The van der Waals surface area contributed by atoms with Crippen LogP contribution in [-0.2, 0) is 24.7 Å². The number of rotatable bonds is 6. The van der Waals surface area contributed by atoms with Crippen LogP contribution in [0.25, 0.3) is 0 Å². The van der Waals surface area contributed by atoms with Gasteiger partial charge >= 0.3 is 0 Å². The molecule has 3 aliphatic rings. The molecule has 1 saturated carbocycles. The molecule has 2 heterocycles. The summed E-state index contributed by atoms with van der Waals surface area (Å²) in [6.07, 6.45) is 5.70. The first-order valence-corrected chi connectivity index (χ1v) is 15.9. The fourth-order valence-electron chi connectivity index (χ4n) is 6.38. The van der Waals surface area contributed by atoms with Gasteiger partial charge in [0.15, 0.2) is 9.84 Å². The van der Waals surface area contributed by atoms with Crippen molar-refractivity contribution in [2.45, 2.75) is 97.4 Å². The second-order valence-electron chi connectivity index (χ2n) is 10.6. The molecule has 2 aliphatic heterocycles. The third kappa shape index (κ3) is 4.61. The smallest absolute Gasteiger partial charge is 0.244 e. The number of nitrogens with zero attached hydrogens (tertiary/aromatic N) is 1. The van der Waals surface area contributed by atoms with Crippen LogP contribution >= 0.6 is 0 Å². The Hall–Kier alpha value is -2.23. The molecule has 1 N–H and O–H groups in total. The van der Waals surface area contributed by atoms with Gasteiger partial charge in [0.25, 0.3) is 0 Å². The van der Waals surface area contributed by atoms with Crippen molar-refractivity contribution in [1.82, 2.24) is 9.62 Å². The molecule has 1 amide bonds. The molecular formula is C27H34N2O5S2. The van der Waals surface area contributed by atoms with Crippen molar-refractivity contribution >= 4 is 25.8 Å². The summed E-state index contributed by atoms with van der Waals surface area (Å²) in [5.41, 5.74) is -0.353. The molecule has 2 aromatic rings. The van der Waals surface area contributed by atoms with Gasteiger partial charge in [-0.2, -0.15) is 4.72 Å². The Bertz CT molecular complexity index is 1320. The van der Waals surface area contributed by atoms with E-state index >= 15 is 0 Å². The quantitative estimate of drug-likeness (QED) is 0.609. The van der Waals surface area contributed by atoms with Gasteiger partial charge in [-0.1, -0.05) is 49.6 Å². The third-order valence-corrected chi connectivity index (χ3v) is 11.9. The standard InChI is InChI=1S/C27H34N2O5S2/c1-20-9-8-12-24(17-20)36(33,34)28-27(15-6-3-7-16-27)26(30)29-21-13-14-22(29)19-25(18-21)35(31,32)23-10-4-2-5-11-23/h2,4-5,8-12,17,21-22,25,28H,3,6-7,13-16,18-19H2,1H3. The Balaban J connectivity index is 1.41. The molecule has 2 bridgehead atoms. The number of carbonyl (C=O) groups is 1. The molecule has 36 heavy (non-hydrogen) atoms. The van der Waals surface area contributed by atoms with Crippen LogP contribution in [0.1, 0.15) is 63.4 Å². The Labute approximate surface area is 214 Å². The molecule has 7 nitrogen and oxygen atoms in total. The number of amides is 1. The molecule has 2 aromatic carbocycles. The highest BCUT2D eigenvalue weighted by atomic mass is 32.2. The molecule has 0 spiro atoms. The summed E-state index contributed by atoms with van der Waals surface area (Å²) in [5.74, 6) is -0.179. The van der Waals surface area contributed by atoms with E-state index in [0.717, 1.165) is 37.7 Å². The fourth-order valence-corrected chi connectivity index (χ4v) is 9.77. The van der Waals surface area contributed by atoms with Gasteiger partial charge in [-0.3, -0.25) is 4.79 Å². The summed E-state index contributed by atoms with van der Waals surface area (Å²) in [6, 6.07) is 14.9. The van der Waals surface area contributed by atoms with E-state index in [1.165, 1.54) is 0 Å². The van der Waals surface area contributed by atoms with E-state index in [-0.39, 0.29) is 22.9 Å². The minimum Gasteiger partial charge on any atom is -0.335 e. The lowest BCUT2D eigenvalue weighted by Crippen LogP contribution is -2.64. The van der Waals surface area contributed by atoms with Gasteiger partial charge in [0.05, 0.1) is 15.0 Å². The summed E-state index contributed by atoms with van der Waals surface area (Å²) in [4.78, 5) is 16.5. The van der Waals surface area contributed by atoms with E-state index in [9.17, 15) is 21.6 Å². The number of piperidine rings is 1. The second kappa shape index (κ2) is 9.58. The average molecular weight is 531 g/mol. The zero-order valence-corrected chi connectivity index (χ0v) is 22.2. The van der Waals surface area contributed by atoms with Gasteiger partial charge in [-0.25, -0.2) is 16.8 Å². The van der Waals surface area contributed by atoms with Crippen LogP contribution in [0.4, 0.5) is 0 Å². The predicted molar refractivity (Wildman–Crippen MR) is 138 cm³/mol. The van der Waals surface area contributed by atoms with Crippen molar-refractivity contribution in [2.24, 2.45) is 0 Å². The number of fused-ring (bicyclic) bond motifs is 2. The van der Waals surface area contributed by atoms with Gasteiger partial charge in [-0.15, -0.1) is 0 Å². The predicted octanol–water partition coefficient (Wildman–Crippen LogP) is 3.97. The molecule has 1 aliphatic carbocycles. The molecule has 2 unspecified atom stereocenters. The SMILES string of the molecule is Cc1cccc(S(=O)(=O)NC2(C(=O)N3C4CCC3CC(S(=O)(=O)c3ccccc3)C4)CCCCC2)c1. The van der Waals surface area contributed by atoms with Crippen molar-refractivity contribution in [2.75, 3.05) is 0 Å². The lowest BCUT2D eigenvalue weighted by molar-refractivity contribution is -0.143. The normalized spacial score (nSPS) is 26.0. The highest BCUT2D eigenvalue weighted by Crippen LogP contribution is 2.43. The first-order chi connectivity index (χ1) is 17.1. The van der Waals surface area contributed by atoms with Crippen LogP contribution in [0, 0.1) is 6.92 Å². The van der Waals surface area contributed by atoms with Crippen molar-refractivity contribution in [3.8, 4) is 0 Å². The van der Waals surface area contributed by atoms with E-state index in [2.05, 4.69) is 4.72 Å². The summed E-state index contributed by atoms with van der Waals surface area (Å²) in [7, 11) is -7.40. The lowest BCUT2D eigenvalue weighted by Gasteiger charge is -2.45. The number of hydrogen-bond acceptors (Lipinski definition) is 5. The van der Waals surface area contributed by atoms with Crippen molar-refractivity contribution < 1.29 is 21.6 Å². The molecule has 9 heteroatoms. The second-order valence-corrected chi connectivity index (χ2v) is 14.5. The monoisotopic (exact) mass is 530 g/mol. The maximum absolute atomic E-state index is 14.2. The van der Waals surface area contributed by atoms with E-state index < -0.39 is 30.6 Å². The maximum atomic E-state index is 14.2. The molecule has 2 atom stereocenters. The van der Waals surface area contributed by atoms with E-state index in [1.54, 1.807) is 48.5 Å². The number of carbonyl (C=O) groups excluding carboxylic acids is 1. The van der Waals surface area contributed by atoms with E-state index in [1.807, 2.05) is 17.9 Å². The zero-order chi connectivity index (χ0) is 25.6. The van der Waals surface area contributed by atoms with Gasteiger partial charge in [0, 0.05) is 12.1 Å². The van der Waals surface area contributed by atoms with E-state index in [4.69, 9.17) is 0 Å². The molecule has 2 saturated heterocycles. The first kappa shape index (κ1) is 25.4. The number of sulfonamides is 1. The van der Waals surface area contributed by atoms with Gasteiger partial charge < -0.3 is 4.90 Å². The Morgan fingerprint density at radius 2 is 1.47 bits per heavy atom. The molecule has 5 rings (SSSR count). The van der Waals surface area contributed by atoms with Crippen LogP contribution in [0.5, 0.6) is 0 Å². The zero-order valence-electron chi connectivity index (χ0n) is 20.6. The average Bonchev–Trinajstić information content (AvgIpc) is 3.12. The summed E-state index contributed by atoms with van der Waals surface area (Å²) < 4.78 is 56.3. The van der Waals surface area contributed by atoms with Crippen molar-refractivity contribution in [1.29, 1.82) is 0 Å². The summed E-state index contributed by atoms with van der Waals surface area (Å²) in [5, 5.41) is -0.534. The molecule has 0 aromatic heterocycles. The van der Waals surface area contributed by atoms with Crippen molar-refractivity contribution in [3.63, 3.8) is 0 Å². The van der Waals surface area contributed by atoms with Gasteiger partial charge in [0.1, 0.15) is 5.54 Å². The topological polar surface area (TPSA) is 101 Å². The maximum Gasteiger partial charge on any atom is 0.244 e. The Morgan fingerprint density at radius 3 is 2.08 bits per heavy atom. The minimum atomic E-state index is -3.90. The van der Waals surface area contributed by atoms with Crippen LogP contribution in [0.2, 0.25) is 0 Å². The Kier molecular flexibility index (Phi) is 6.76. The molecular weight excluding hydrogens is 496 g/mol. The van der Waals surface area contributed by atoms with Crippen LogP contribution in [0.3, 0.4) is 0 Å². The minimum absolute atomic E-state index is 0.163. The van der Waals surface area contributed by atoms with Crippen LogP contribution in [0.15, 0.2) is 64.4 Å². The molecule has 0 radical (unpaired) electrons. The number of hydrogen-bond donors (Lipinski definition) is 1. The van der Waals surface area contributed by atoms with Gasteiger partial charge in [-0.05, 0) is 75.3 Å². The number of aryl methyl sites for hydroxylation is 1. The number of benzene rings is 2. The largest absolute Gasteiger partial charge is 0.335 e. The highest BCUT2D eigenvalue weighted by Gasteiger charge is 2.53. The summed E-state index contributed by atoms with van der Waals surface area (Å²) >= 11 is 0. The Morgan fingerprint density at radius 1 is 0.861 bits per heavy atom. The van der Waals surface area contributed by atoms with E-state index in [0.29, 0.717) is 30.6 Å².